The van der Waals surface area contributed by atoms with Crippen molar-refractivity contribution in [3.8, 4) is 0 Å². The fourth-order valence-corrected chi connectivity index (χ4v) is 3.77. The van der Waals surface area contributed by atoms with Crippen LogP contribution in [0.3, 0.4) is 0 Å². The first-order chi connectivity index (χ1) is 11.5. The zero-order valence-electron chi connectivity index (χ0n) is 16.3. The maximum Gasteiger partial charge on any atom is 0.310 e. The molecule has 0 bridgehead atoms. The molecule has 2 aliphatic rings. The van der Waals surface area contributed by atoms with E-state index >= 15 is 0 Å². The van der Waals surface area contributed by atoms with Crippen LogP contribution in [-0.4, -0.2) is 74.7 Å². The fraction of sp³-hybridized carbons (Fsp3) is 0.889. The van der Waals surface area contributed by atoms with Crippen LogP contribution in [-0.2, 0) is 9.53 Å². The van der Waals surface area contributed by atoms with Crippen molar-refractivity contribution >= 4 is 35.9 Å². The number of ether oxygens (including phenoxy) is 1. The lowest BCUT2D eigenvalue weighted by Crippen LogP contribution is -2.48. The number of rotatable bonds is 4. The predicted molar refractivity (Wildman–Crippen MR) is 112 cm³/mol. The van der Waals surface area contributed by atoms with E-state index in [-0.39, 0.29) is 41.8 Å². The first-order valence-electron chi connectivity index (χ1n) is 9.23. The highest BCUT2D eigenvalue weighted by Gasteiger charge is 2.37. The Balaban J connectivity index is 0.00000312. The summed E-state index contributed by atoms with van der Waals surface area (Å²) in [5, 5.41) is 3.50. The molecule has 1 N–H and O–H groups in total. The van der Waals surface area contributed by atoms with Gasteiger partial charge in [-0.3, -0.25) is 14.7 Å². The van der Waals surface area contributed by atoms with E-state index in [1.807, 2.05) is 7.05 Å². The fourth-order valence-electron chi connectivity index (χ4n) is 3.77. The minimum Gasteiger partial charge on any atom is -0.469 e. The number of carbonyl (C=O) groups excluding carboxylic acids is 1. The predicted octanol–water partition coefficient (Wildman–Crippen LogP) is 2.04. The molecule has 2 fully saturated rings. The molecule has 0 aromatic rings. The number of nitrogens with one attached hydrogen (secondary N) is 1. The van der Waals surface area contributed by atoms with Crippen molar-refractivity contribution in [3.05, 3.63) is 0 Å². The van der Waals surface area contributed by atoms with Gasteiger partial charge in [0.2, 0.25) is 0 Å². The topological polar surface area (TPSA) is 57.2 Å². The summed E-state index contributed by atoms with van der Waals surface area (Å²) < 4.78 is 4.92. The van der Waals surface area contributed by atoms with Crippen LogP contribution in [0.1, 0.15) is 33.6 Å². The Morgan fingerprint density at radius 3 is 2.48 bits per heavy atom. The Bertz CT molecular complexity index is 452. The van der Waals surface area contributed by atoms with E-state index in [2.05, 4.69) is 40.9 Å². The quantitative estimate of drug-likeness (QED) is 0.298. The highest BCUT2D eigenvalue weighted by Crippen LogP contribution is 2.24. The third-order valence-electron chi connectivity index (χ3n) is 5.62. The monoisotopic (exact) mass is 466 g/mol. The molecule has 7 heteroatoms. The number of likely N-dealkylation sites (tertiary alicyclic amines) is 2. The molecule has 146 valence electrons. The Labute approximate surface area is 169 Å². The number of guanidine groups is 1. The molecule has 0 aromatic carbocycles. The van der Waals surface area contributed by atoms with Gasteiger partial charge in [-0.2, -0.15) is 0 Å². The maximum atomic E-state index is 11.9. The van der Waals surface area contributed by atoms with Crippen molar-refractivity contribution in [2.75, 3.05) is 46.9 Å². The second-order valence-corrected chi connectivity index (χ2v) is 7.51. The van der Waals surface area contributed by atoms with Crippen molar-refractivity contribution < 1.29 is 9.53 Å². The number of piperidine rings is 1. The Kier molecular flexibility index (Phi) is 9.48. The number of carbonyl (C=O) groups is 1. The van der Waals surface area contributed by atoms with Gasteiger partial charge in [-0.25, -0.2) is 0 Å². The molecule has 25 heavy (non-hydrogen) atoms. The van der Waals surface area contributed by atoms with Crippen LogP contribution in [0, 0.1) is 17.8 Å². The minimum absolute atomic E-state index is 0. The van der Waals surface area contributed by atoms with E-state index in [0.717, 1.165) is 25.0 Å². The van der Waals surface area contributed by atoms with E-state index < -0.39 is 0 Å². The van der Waals surface area contributed by atoms with Crippen LogP contribution in [0.4, 0.5) is 0 Å². The molecule has 2 heterocycles. The molecule has 0 aliphatic carbocycles. The number of halogens is 1. The third kappa shape index (κ3) is 5.98. The molecule has 2 rings (SSSR count). The Hall–Kier alpha value is -0.570. The summed E-state index contributed by atoms with van der Waals surface area (Å²) in [6.07, 6.45) is 2.59. The van der Waals surface area contributed by atoms with Crippen LogP contribution >= 0.6 is 24.0 Å². The van der Waals surface area contributed by atoms with E-state index in [9.17, 15) is 4.79 Å². The van der Waals surface area contributed by atoms with Gasteiger partial charge in [0.25, 0.3) is 0 Å². The largest absolute Gasteiger partial charge is 0.469 e. The second-order valence-electron chi connectivity index (χ2n) is 7.51. The average Bonchev–Trinajstić information content (AvgIpc) is 2.96. The van der Waals surface area contributed by atoms with Crippen molar-refractivity contribution in [1.29, 1.82) is 0 Å². The average molecular weight is 466 g/mol. The molecule has 0 spiro atoms. The first-order valence-corrected chi connectivity index (χ1v) is 9.23. The summed E-state index contributed by atoms with van der Waals surface area (Å²) in [6, 6.07) is 0.491. The lowest BCUT2D eigenvalue weighted by Gasteiger charge is -2.35. The van der Waals surface area contributed by atoms with Gasteiger partial charge in [-0.15, -0.1) is 24.0 Å². The summed E-state index contributed by atoms with van der Waals surface area (Å²) in [5.41, 5.74) is 0. The number of methoxy groups -OCH3 is 1. The van der Waals surface area contributed by atoms with Crippen molar-refractivity contribution in [1.82, 2.24) is 15.1 Å². The van der Waals surface area contributed by atoms with Gasteiger partial charge in [0.15, 0.2) is 5.96 Å². The highest BCUT2D eigenvalue weighted by atomic mass is 127. The van der Waals surface area contributed by atoms with E-state index in [4.69, 9.17) is 4.74 Å². The smallest absolute Gasteiger partial charge is 0.310 e. The molecule has 2 aliphatic heterocycles. The van der Waals surface area contributed by atoms with Crippen LogP contribution in [0.15, 0.2) is 4.99 Å². The SMILES string of the molecule is CN=C(NCC(C)N1CCC(C)CC1)N1CC(C)C(C(=O)OC)C1.I. The normalized spacial score (nSPS) is 26.9. The summed E-state index contributed by atoms with van der Waals surface area (Å²) in [7, 11) is 3.28. The first kappa shape index (κ1) is 22.5. The summed E-state index contributed by atoms with van der Waals surface area (Å²) in [5.74, 6) is 1.86. The number of nitrogens with zero attached hydrogens (tertiary/aromatic N) is 3. The van der Waals surface area contributed by atoms with Gasteiger partial charge in [0, 0.05) is 32.7 Å². The van der Waals surface area contributed by atoms with E-state index in [0.29, 0.717) is 12.6 Å². The molecule has 0 saturated carbocycles. The van der Waals surface area contributed by atoms with Crippen molar-refractivity contribution in [2.24, 2.45) is 22.7 Å². The number of hydrogen-bond donors (Lipinski definition) is 1. The van der Waals surface area contributed by atoms with Gasteiger partial charge in [0.1, 0.15) is 0 Å². The van der Waals surface area contributed by atoms with Crippen LogP contribution < -0.4 is 5.32 Å². The zero-order valence-corrected chi connectivity index (χ0v) is 18.7. The van der Waals surface area contributed by atoms with Gasteiger partial charge >= 0.3 is 5.97 Å². The molecular formula is C18H35IN4O2. The molecule has 3 unspecified atom stereocenters. The van der Waals surface area contributed by atoms with Crippen LogP contribution in [0.25, 0.3) is 0 Å². The lowest BCUT2D eigenvalue weighted by molar-refractivity contribution is -0.145. The maximum absolute atomic E-state index is 11.9. The second kappa shape index (κ2) is 10.5. The molecule has 0 amide bonds. The molecule has 3 atom stereocenters. The lowest BCUT2D eigenvalue weighted by atomic mass is 9.98. The standard InChI is InChI=1S/C18H34N4O2.HI/c1-13-6-8-21(9-7-13)15(3)10-20-18(19-4)22-11-14(2)16(12-22)17(23)24-5;/h13-16H,6-12H2,1-5H3,(H,19,20);1H. The van der Waals surface area contributed by atoms with Crippen LogP contribution in [0.5, 0.6) is 0 Å². The summed E-state index contributed by atoms with van der Waals surface area (Å²) in [6.45, 7) is 11.5. The van der Waals surface area contributed by atoms with E-state index in [1.54, 1.807) is 0 Å². The van der Waals surface area contributed by atoms with Crippen molar-refractivity contribution in [2.45, 2.75) is 39.7 Å². The van der Waals surface area contributed by atoms with Gasteiger partial charge in [-0.1, -0.05) is 13.8 Å². The summed E-state index contributed by atoms with van der Waals surface area (Å²) >= 11 is 0. The molecule has 2 saturated heterocycles. The molecule has 0 radical (unpaired) electrons. The van der Waals surface area contributed by atoms with Crippen molar-refractivity contribution in [3.63, 3.8) is 0 Å². The number of hydrogen-bond acceptors (Lipinski definition) is 4. The molecule has 0 aromatic heterocycles. The summed E-state index contributed by atoms with van der Waals surface area (Å²) in [4.78, 5) is 21.0. The molecular weight excluding hydrogens is 431 g/mol. The van der Waals surface area contributed by atoms with Gasteiger partial charge in [0.05, 0.1) is 13.0 Å². The number of esters is 1. The van der Waals surface area contributed by atoms with Gasteiger partial charge in [-0.05, 0) is 44.7 Å². The van der Waals surface area contributed by atoms with Crippen LogP contribution in [0.2, 0.25) is 0 Å². The molecule has 6 nitrogen and oxygen atoms in total. The Morgan fingerprint density at radius 2 is 1.92 bits per heavy atom. The number of aliphatic imine (C=N–C) groups is 1. The third-order valence-corrected chi connectivity index (χ3v) is 5.62. The van der Waals surface area contributed by atoms with Gasteiger partial charge < -0.3 is 15.0 Å². The highest BCUT2D eigenvalue weighted by molar-refractivity contribution is 14.0. The zero-order chi connectivity index (χ0) is 17.7. The minimum atomic E-state index is -0.115. The van der Waals surface area contributed by atoms with E-state index in [1.165, 1.54) is 33.0 Å². The Morgan fingerprint density at radius 1 is 1.28 bits per heavy atom.